The van der Waals surface area contributed by atoms with Crippen molar-refractivity contribution >= 4 is 5.97 Å². The van der Waals surface area contributed by atoms with Gasteiger partial charge < -0.3 is 10.4 Å². The first kappa shape index (κ1) is 14.0. The van der Waals surface area contributed by atoms with Crippen molar-refractivity contribution in [1.29, 1.82) is 0 Å². The first-order chi connectivity index (χ1) is 9.06. The molecule has 4 heteroatoms. The molecule has 1 aliphatic rings. The van der Waals surface area contributed by atoms with Gasteiger partial charge in [0.25, 0.3) is 0 Å². The van der Waals surface area contributed by atoms with Crippen LogP contribution in [0.1, 0.15) is 36.8 Å². The molecule has 1 aromatic rings. The predicted molar refractivity (Wildman–Crippen MR) is 71.4 cm³/mol. The molecule has 0 heterocycles. The Labute approximate surface area is 112 Å². The molecular formula is C15H20FNO2. The van der Waals surface area contributed by atoms with E-state index in [-0.39, 0.29) is 17.8 Å². The van der Waals surface area contributed by atoms with Crippen molar-refractivity contribution in [2.75, 3.05) is 0 Å². The Bertz CT molecular complexity index is 461. The lowest BCUT2D eigenvalue weighted by Crippen LogP contribution is -2.36. The van der Waals surface area contributed by atoms with E-state index >= 15 is 0 Å². The number of carboxylic acid groups (broad SMARTS) is 1. The summed E-state index contributed by atoms with van der Waals surface area (Å²) in [5.74, 6) is -1.18. The molecular weight excluding hydrogens is 245 g/mol. The highest BCUT2D eigenvalue weighted by atomic mass is 19.1. The molecule has 0 aliphatic heterocycles. The van der Waals surface area contributed by atoms with Gasteiger partial charge in [0.1, 0.15) is 5.82 Å². The lowest BCUT2D eigenvalue weighted by Gasteiger charge is -2.27. The van der Waals surface area contributed by atoms with Gasteiger partial charge in [0, 0.05) is 18.2 Å². The van der Waals surface area contributed by atoms with Crippen LogP contribution in [-0.4, -0.2) is 17.1 Å². The van der Waals surface area contributed by atoms with Crippen molar-refractivity contribution in [2.45, 2.75) is 45.2 Å². The summed E-state index contributed by atoms with van der Waals surface area (Å²) in [6, 6.07) is 5.24. The number of nitrogens with one attached hydrogen (secondary N) is 1. The molecule has 1 fully saturated rings. The van der Waals surface area contributed by atoms with Crippen molar-refractivity contribution in [3.8, 4) is 0 Å². The lowest BCUT2D eigenvalue weighted by atomic mass is 9.85. The van der Waals surface area contributed by atoms with Crippen LogP contribution in [0.2, 0.25) is 0 Å². The van der Waals surface area contributed by atoms with Gasteiger partial charge in [-0.2, -0.15) is 0 Å². The maximum absolute atomic E-state index is 13.6. The zero-order valence-corrected chi connectivity index (χ0v) is 11.2. The van der Waals surface area contributed by atoms with Crippen LogP contribution in [0.5, 0.6) is 0 Å². The van der Waals surface area contributed by atoms with Gasteiger partial charge in [0.15, 0.2) is 0 Å². The van der Waals surface area contributed by atoms with Gasteiger partial charge in [0.05, 0.1) is 5.92 Å². The Morgan fingerprint density at radius 2 is 2.26 bits per heavy atom. The van der Waals surface area contributed by atoms with Crippen molar-refractivity contribution in [1.82, 2.24) is 5.32 Å². The Kier molecular flexibility index (Phi) is 4.53. The molecule has 1 aliphatic carbocycles. The number of carbonyl (C=O) groups is 1. The third-order valence-electron chi connectivity index (χ3n) is 3.81. The number of rotatable bonds is 4. The molecule has 0 amide bonds. The van der Waals surface area contributed by atoms with Crippen molar-refractivity contribution in [3.63, 3.8) is 0 Å². The topological polar surface area (TPSA) is 49.3 Å². The van der Waals surface area contributed by atoms with E-state index in [0.29, 0.717) is 18.5 Å². The van der Waals surface area contributed by atoms with Crippen LogP contribution >= 0.6 is 0 Å². The number of aryl methyl sites for hydroxylation is 1. The van der Waals surface area contributed by atoms with Crippen LogP contribution in [-0.2, 0) is 11.3 Å². The molecule has 2 atom stereocenters. The molecule has 2 unspecified atom stereocenters. The maximum Gasteiger partial charge on any atom is 0.306 e. The van der Waals surface area contributed by atoms with E-state index in [4.69, 9.17) is 5.11 Å². The smallest absolute Gasteiger partial charge is 0.306 e. The summed E-state index contributed by atoms with van der Waals surface area (Å²) >= 11 is 0. The van der Waals surface area contributed by atoms with E-state index < -0.39 is 5.97 Å². The van der Waals surface area contributed by atoms with Gasteiger partial charge in [-0.3, -0.25) is 4.79 Å². The minimum Gasteiger partial charge on any atom is -0.481 e. The molecule has 3 nitrogen and oxygen atoms in total. The van der Waals surface area contributed by atoms with Gasteiger partial charge in [-0.05, 0) is 32.3 Å². The zero-order chi connectivity index (χ0) is 13.8. The van der Waals surface area contributed by atoms with Gasteiger partial charge in [-0.15, -0.1) is 0 Å². The highest BCUT2D eigenvalue weighted by Gasteiger charge is 2.26. The van der Waals surface area contributed by atoms with Crippen molar-refractivity contribution < 1.29 is 14.3 Å². The molecule has 0 aromatic heterocycles. The quantitative estimate of drug-likeness (QED) is 0.880. The standard InChI is InChI=1S/C15H20FNO2/c1-10-5-6-14(16)12(7-10)9-17-13-4-2-3-11(8-13)15(18)19/h5-7,11,13,17H,2-4,8-9H2,1H3,(H,18,19). The number of halogens is 1. The molecule has 0 spiro atoms. The average Bonchev–Trinajstić information content (AvgIpc) is 2.40. The summed E-state index contributed by atoms with van der Waals surface area (Å²) in [6.07, 6.45) is 3.29. The van der Waals surface area contributed by atoms with Crippen LogP contribution in [0.25, 0.3) is 0 Å². The van der Waals surface area contributed by atoms with Crippen molar-refractivity contribution in [2.24, 2.45) is 5.92 Å². The van der Waals surface area contributed by atoms with Crippen LogP contribution in [0.4, 0.5) is 4.39 Å². The lowest BCUT2D eigenvalue weighted by molar-refractivity contribution is -0.143. The zero-order valence-electron chi connectivity index (χ0n) is 11.2. The van der Waals surface area contributed by atoms with E-state index in [1.54, 1.807) is 6.07 Å². The van der Waals surface area contributed by atoms with E-state index in [9.17, 15) is 9.18 Å². The van der Waals surface area contributed by atoms with Crippen molar-refractivity contribution in [3.05, 3.63) is 35.1 Å². The van der Waals surface area contributed by atoms with Gasteiger partial charge in [0.2, 0.25) is 0 Å². The van der Waals surface area contributed by atoms with E-state index in [1.807, 2.05) is 13.0 Å². The Morgan fingerprint density at radius 1 is 1.47 bits per heavy atom. The van der Waals surface area contributed by atoms with Gasteiger partial charge in [-0.25, -0.2) is 4.39 Å². The summed E-state index contributed by atoms with van der Waals surface area (Å²) < 4.78 is 13.6. The molecule has 0 saturated heterocycles. The third kappa shape index (κ3) is 3.77. The van der Waals surface area contributed by atoms with E-state index in [2.05, 4.69) is 5.32 Å². The molecule has 19 heavy (non-hydrogen) atoms. The highest BCUT2D eigenvalue weighted by molar-refractivity contribution is 5.70. The number of hydrogen-bond acceptors (Lipinski definition) is 2. The fraction of sp³-hybridized carbons (Fsp3) is 0.533. The average molecular weight is 265 g/mol. The Balaban J connectivity index is 1.91. The molecule has 1 saturated carbocycles. The molecule has 0 bridgehead atoms. The first-order valence-corrected chi connectivity index (χ1v) is 6.77. The normalized spacial score (nSPS) is 23.3. The summed E-state index contributed by atoms with van der Waals surface area (Å²) in [5, 5.41) is 12.3. The second kappa shape index (κ2) is 6.15. The molecule has 2 N–H and O–H groups in total. The van der Waals surface area contributed by atoms with Gasteiger partial charge in [-0.1, -0.05) is 24.1 Å². The summed E-state index contributed by atoms with van der Waals surface area (Å²) in [5.41, 5.74) is 1.68. The summed E-state index contributed by atoms with van der Waals surface area (Å²) in [4.78, 5) is 11.0. The SMILES string of the molecule is Cc1ccc(F)c(CNC2CCCC(C(=O)O)C2)c1. The second-order valence-electron chi connectivity index (χ2n) is 5.37. The number of benzene rings is 1. The number of hydrogen-bond donors (Lipinski definition) is 2. The van der Waals surface area contributed by atoms with E-state index in [1.165, 1.54) is 6.07 Å². The second-order valence-corrected chi connectivity index (χ2v) is 5.37. The Hall–Kier alpha value is -1.42. The van der Waals surface area contributed by atoms with Crippen LogP contribution < -0.4 is 5.32 Å². The number of aliphatic carboxylic acids is 1. The first-order valence-electron chi connectivity index (χ1n) is 6.77. The molecule has 1 aromatic carbocycles. The minimum atomic E-state index is -0.715. The molecule has 2 rings (SSSR count). The predicted octanol–water partition coefficient (Wildman–Crippen LogP) is 2.87. The fourth-order valence-electron chi connectivity index (χ4n) is 2.69. The largest absolute Gasteiger partial charge is 0.481 e. The minimum absolute atomic E-state index is 0.176. The molecule has 0 radical (unpaired) electrons. The molecule has 104 valence electrons. The third-order valence-corrected chi connectivity index (χ3v) is 3.81. The monoisotopic (exact) mass is 265 g/mol. The fourth-order valence-corrected chi connectivity index (χ4v) is 2.69. The van der Waals surface area contributed by atoms with Crippen LogP contribution in [0.15, 0.2) is 18.2 Å². The van der Waals surface area contributed by atoms with Crippen LogP contribution in [0.3, 0.4) is 0 Å². The van der Waals surface area contributed by atoms with E-state index in [0.717, 1.165) is 24.8 Å². The highest BCUT2D eigenvalue weighted by Crippen LogP contribution is 2.24. The van der Waals surface area contributed by atoms with Crippen LogP contribution in [0, 0.1) is 18.7 Å². The summed E-state index contributed by atoms with van der Waals surface area (Å²) in [6.45, 7) is 2.40. The maximum atomic E-state index is 13.6. The number of carboxylic acids is 1. The Morgan fingerprint density at radius 3 is 3.00 bits per heavy atom. The summed E-state index contributed by atoms with van der Waals surface area (Å²) in [7, 11) is 0. The van der Waals surface area contributed by atoms with Gasteiger partial charge >= 0.3 is 5.97 Å².